The number of nitrogens with zero attached hydrogens (tertiary/aromatic N) is 5. The molecule has 0 spiro atoms. The van der Waals surface area contributed by atoms with Crippen LogP contribution in [0.25, 0.3) is 11.4 Å². The van der Waals surface area contributed by atoms with Gasteiger partial charge in [0.15, 0.2) is 17.2 Å². The number of aromatic nitrogens is 4. The van der Waals surface area contributed by atoms with Crippen LogP contribution in [0.5, 0.6) is 17.5 Å². The predicted octanol–water partition coefficient (Wildman–Crippen LogP) is 3.38. The Kier molecular flexibility index (Phi) is 4.87. The van der Waals surface area contributed by atoms with E-state index in [4.69, 9.17) is 9.47 Å². The molecule has 0 saturated carbocycles. The Morgan fingerprint density at radius 3 is 2.48 bits per heavy atom. The van der Waals surface area contributed by atoms with Gasteiger partial charge in [-0.2, -0.15) is 0 Å². The second-order valence-corrected chi connectivity index (χ2v) is 6.92. The third kappa shape index (κ3) is 4.65. The average Bonchev–Trinajstić information content (AvgIpc) is 3.22. The van der Waals surface area contributed by atoms with Crippen LogP contribution in [0.3, 0.4) is 0 Å². The van der Waals surface area contributed by atoms with Crippen molar-refractivity contribution in [1.29, 1.82) is 0 Å². The molecule has 0 radical (unpaired) electrons. The Hall–Kier alpha value is -3.90. The van der Waals surface area contributed by atoms with E-state index in [9.17, 15) is 23.3 Å². The van der Waals surface area contributed by atoms with Crippen molar-refractivity contribution in [1.82, 2.24) is 19.5 Å². The van der Waals surface area contributed by atoms with E-state index in [1.54, 1.807) is 6.92 Å². The summed E-state index contributed by atoms with van der Waals surface area (Å²) < 4.78 is 53.4. The van der Waals surface area contributed by atoms with E-state index in [1.807, 2.05) is 0 Å². The second-order valence-electron chi connectivity index (χ2n) is 6.92. The van der Waals surface area contributed by atoms with Gasteiger partial charge in [0.25, 0.3) is 0 Å². The molecule has 13 heteroatoms. The number of rotatable bonds is 6. The molecule has 3 aromatic rings. The zero-order valence-corrected chi connectivity index (χ0v) is 15.9. The van der Waals surface area contributed by atoms with Crippen LogP contribution in [0.2, 0.25) is 0 Å². The number of fused-ring (bicyclic) bond motifs is 1. The molecule has 1 aromatic carbocycles. The maximum atomic E-state index is 12.2. The Balaban J connectivity index is 1.36. The van der Waals surface area contributed by atoms with Crippen LogP contribution in [0.4, 0.5) is 19.0 Å². The van der Waals surface area contributed by atoms with Gasteiger partial charge in [0.2, 0.25) is 0 Å². The largest absolute Gasteiger partial charge is 0.573 e. The van der Waals surface area contributed by atoms with Crippen LogP contribution in [0.15, 0.2) is 42.9 Å². The van der Waals surface area contributed by atoms with Gasteiger partial charge in [0.05, 0.1) is 18.9 Å². The Morgan fingerprint density at radius 1 is 1.23 bits per heavy atom. The monoisotopic (exact) mass is 437 g/mol. The highest BCUT2D eigenvalue weighted by atomic mass is 19.4. The lowest BCUT2D eigenvalue weighted by atomic mass is 10.1. The third-order valence-corrected chi connectivity index (χ3v) is 4.28. The minimum absolute atomic E-state index is 0.107. The molecule has 10 nitrogen and oxygen atoms in total. The number of hydrogen-bond donors (Lipinski definition) is 0. The van der Waals surface area contributed by atoms with Gasteiger partial charge in [0, 0.05) is 10.5 Å². The zero-order chi connectivity index (χ0) is 22.2. The molecule has 0 aliphatic carbocycles. The Bertz CT molecular complexity index is 1080. The second kappa shape index (κ2) is 7.41. The van der Waals surface area contributed by atoms with Crippen molar-refractivity contribution in [3.63, 3.8) is 0 Å². The van der Waals surface area contributed by atoms with Gasteiger partial charge in [-0.15, -0.1) is 13.2 Å². The van der Waals surface area contributed by atoms with Crippen LogP contribution in [0, 0.1) is 10.1 Å². The SMILES string of the molecule is CC1(COc2cnc(-c3ccc(OC(F)(F)F)cc3)nc2)Cn2cc([N+](=O)[O-])nc2O1. The van der Waals surface area contributed by atoms with E-state index < -0.39 is 16.9 Å². The normalized spacial score (nSPS) is 17.7. The minimum Gasteiger partial charge on any atom is -0.486 e. The highest BCUT2D eigenvalue weighted by molar-refractivity contribution is 5.56. The van der Waals surface area contributed by atoms with Crippen molar-refractivity contribution in [3.05, 3.63) is 53.0 Å². The summed E-state index contributed by atoms with van der Waals surface area (Å²) in [5, 5.41) is 10.8. The molecule has 2 aromatic heterocycles. The fourth-order valence-corrected chi connectivity index (χ4v) is 2.94. The summed E-state index contributed by atoms with van der Waals surface area (Å²) in [7, 11) is 0. The molecule has 0 bridgehead atoms. The summed E-state index contributed by atoms with van der Waals surface area (Å²) in [6.45, 7) is 2.19. The van der Waals surface area contributed by atoms with Crippen LogP contribution in [-0.2, 0) is 6.54 Å². The average molecular weight is 437 g/mol. The number of alkyl halides is 3. The van der Waals surface area contributed by atoms with Crippen molar-refractivity contribution in [2.45, 2.75) is 25.4 Å². The van der Waals surface area contributed by atoms with Crippen molar-refractivity contribution < 1.29 is 32.3 Å². The zero-order valence-electron chi connectivity index (χ0n) is 15.9. The molecule has 0 amide bonds. The molecule has 0 N–H and O–H groups in total. The topological polar surface area (TPSA) is 114 Å². The van der Waals surface area contributed by atoms with Gasteiger partial charge in [-0.1, -0.05) is 0 Å². The summed E-state index contributed by atoms with van der Waals surface area (Å²) in [6, 6.07) is 5.29. The van der Waals surface area contributed by atoms with Gasteiger partial charge in [-0.05, 0) is 36.1 Å². The third-order valence-electron chi connectivity index (χ3n) is 4.28. The first-order valence-electron chi connectivity index (χ1n) is 8.82. The summed E-state index contributed by atoms with van der Waals surface area (Å²) in [5.41, 5.74) is -0.288. The lowest BCUT2D eigenvalue weighted by molar-refractivity contribution is -0.389. The summed E-state index contributed by atoms with van der Waals surface area (Å²) in [6.07, 6.45) is -0.623. The quantitative estimate of drug-likeness (QED) is 0.426. The van der Waals surface area contributed by atoms with Gasteiger partial charge < -0.3 is 24.3 Å². The molecule has 162 valence electrons. The molecule has 1 atom stereocenters. The molecular formula is C18H14F3N5O5. The molecule has 1 unspecified atom stereocenters. The highest BCUT2D eigenvalue weighted by Gasteiger charge is 2.41. The Morgan fingerprint density at radius 2 is 1.90 bits per heavy atom. The fourth-order valence-electron chi connectivity index (χ4n) is 2.94. The molecular weight excluding hydrogens is 423 g/mol. The highest BCUT2D eigenvalue weighted by Crippen LogP contribution is 2.31. The number of ether oxygens (including phenoxy) is 3. The summed E-state index contributed by atoms with van der Waals surface area (Å²) >= 11 is 0. The number of hydrogen-bond acceptors (Lipinski definition) is 8. The first-order chi connectivity index (χ1) is 14.6. The van der Waals surface area contributed by atoms with E-state index in [1.165, 1.54) is 47.4 Å². The molecule has 31 heavy (non-hydrogen) atoms. The number of nitro groups is 1. The molecule has 3 heterocycles. The Labute approximate surface area is 172 Å². The van der Waals surface area contributed by atoms with E-state index in [-0.39, 0.29) is 24.2 Å². The summed E-state index contributed by atoms with van der Waals surface area (Å²) in [5.74, 6) is 0.00839. The van der Waals surface area contributed by atoms with Crippen LogP contribution < -0.4 is 14.2 Å². The first-order valence-corrected chi connectivity index (χ1v) is 8.82. The van der Waals surface area contributed by atoms with Gasteiger partial charge in [-0.25, -0.2) is 9.97 Å². The van der Waals surface area contributed by atoms with E-state index >= 15 is 0 Å². The van der Waals surface area contributed by atoms with Crippen LogP contribution in [0.1, 0.15) is 6.92 Å². The number of halogens is 3. The van der Waals surface area contributed by atoms with E-state index in [0.29, 0.717) is 23.7 Å². The van der Waals surface area contributed by atoms with Crippen LogP contribution >= 0.6 is 0 Å². The molecule has 0 saturated heterocycles. The number of benzene rings is 1. The van der Waals surface area contributed by atoms with Gasteiger partial charge in [0.1, 0.15) is 18.6 Å². The lowest BCUT2D eigenvalue weighted by Crippen LogP contribution is -2.38. The van der Waals surface area contributed by atoms with Gasteiger partial charge in [-0.3, -0.25) is 4.57 Å². The van der Waals surface area contributed by atoms with Crippen LogP contribution in [-0.4, -0.2) is 43.0 Å². The van der Waals surface area contributed by atoms with E-state index in [0.717, 1.165) is 0 Å². The first kappa shape index (κ1) is 20.4. The van der Waals surface area contributed by atoms with Crippen molar-refractivity contribution in [3.8, 4) is 28.9 Å². The molecule has 4 rings (SSSR count). The maximum absolute atomic E-state index is 12.2. The predicted molar refractivity (Wildman–Crippen MR) is 97.6 cm³/mol. The standard InChI is InChI=1S/C18H14F3N5O5/c1-17(9-25-8-14(26(27)28)24-16(25)31-17)10-29-13-6-22-15(23-7-13)11-2-4-12(5-3-11)30-18(19,20)21/h2-8H,9-10H2,1H3. The minimum atomic E-state index is -4.76. The number of imidazole rings is 1. The van der Waals surface area contributed by atoms with E-state index in [2.05, 4.69) is 19.7 Å². The van der Waals surface area contributed by atoms with Gasteiger partial charge >= 0.3 is 18.2 Å². The summed E-state index contributed by atoms with van der Waals surface area (Å²) in [4.78, 5) is 22.3. The van der Waals surface area contributed by atoms with Crippen molar-refractivity contribution in [2.75, 3.05) is 6.61 Å². The molecule has 0 fully saturated rings. The lowest BCUT2D eigenvalue weighted by Gasteiger charge is -2.21. The van der Waals surface area contributed by atoms with Crippen molar-refractivity contribution >= 4 is 5.82 Å². The molecule has 1 aliphatic heterocycles. The van der Waals surface area contributed by atoms with Crippen molar-refractivity contribution in [2.24, 2.45) is 0 Å². The fraction of sp³-hybridized carbons (Fsp3) is 0.278. The molecule has 1 aliphatic rings. The maximum Gasteiger partial charge on any atom is 0.573 e. The smallest absolute Gasteiger partial charge is 0.486 e.